The zero-order valence-corrected chi connectivity index (χ0v) is 37.2. The fourth-order valence-corrected chi connectivity index (χ4v) is 12.2. The molecule has 4 aliphatic carbocycles. The molecule has 2 aromatic carbocycles. The standard InChI is InChI=1S/C25H38N2O4S.C21H31NO2S/c1-5-27(24(29)31-25(2,3)4)13-8-14-32(26,30)17-20(28)16-23-21-11-6-9-18(21)15-19-10-7-12-22(19)23;1-2-3-4-5-12-25(22,24)15-18(23)14-21-19-10-6-8-16(19)13-17-9-7-11-20(17)21/h15,26H,5-14,16-17H2,1-4H3;13,22H,2-12,14-15H2,1H3. The number of hydrogen-bond acceptors (Lipinski definition) is 8. The minimum absolute atomic E-state index is 0.00453. The van der Waals surface area contributed by atoms with Gasteiger partial charge < -0.3 is 9.64 Å². The maximum Gasteiger partial charge on any atom is 0.410 e. The highest BCUT2D eigenvalue weighted by Gasteiger charge is 2.28. The zero-order chi connectivity index (χ0) is 41.4. The molecule has 0 bridgehead atoms. The van der Waals surface area contributed by atoms with E-state index in [-0.39, 0.29) is 28.8 Å². The van der Waals surface area contributed by atoms with E-state index in [2.05, 4.69) is 19.1 Å². The van der Waals surface area contributed by atoms with Gasteiger partial charge in [0.2, 0.25) is 0 Å². The number of nitrogens with one attached hydrogen (secondary N) is 2. The lowest BCUT2D eigenvalue weighted by atomic mass is 9.91. The van der Waals surface area contributed by atoms with Gasteiger partial charge in [0, 0.05) is 37.4 Å². The van der Waals surface area contributed by atoms with Gasteiger partial charge in [0.1, 0.15) is 5.60 Å². The molecule has 0 aliphatic heterocycles. The van der Waals surface area contributed by atoms with E-state index in [0.717, 1.165) is 89.9 Å². The maximum atomic E-state index is 12.9. The summed E-state index contributed by atoms with van der Waals surface area (Å²) < 4.78 is 47.0. The van der Waals surface area contributed by atoms with Crippen molar-refractivity contribution in [3.05, 3.63) is 67.8 Å². The van der Waals surface area contributed by atoms with E-state index >= 15 is 0 Å². The Balaban J connectivity index is 0.000000224. The molecule has 2 aromatic rings. The minimum atomic E-state index is -3.02. The third-order valence-electron chi connectivity index (χ3n) is 12.0. The summed E-state index contributed by atoms with van der Waals surface area (Å²) in [6.07, 6.45) is 18.1. The fourth-order valence-electron chi connectivity index (χ4n) is 9.41. The summed E-state index contributed by atoms with van der Waals surface area (Å²) in [5.41, 5.74) is 13.0. The van der Waals surface area contributed by atoms with Gasteiger partial charge in [-0.05, 0) is 173 Å². The molecule has 2 N–H and O–H groups in total. The van der Waals surface area contributed by atoms with Crippen molar-refractivity contribution in [3.63, 3.8) is 0 Å². The van der Waals surface area contributed by atoms with Gasteiger partial charge in [-0.3, -0.25) is 19.1 Å². The number of unbranched alkanes of at least 4 members (excludes halogenated alkanes) is 3. The molecule has 0 heterocycles. The topological polar surface area (TPSA) is 146 Å². The Kier molecular flexibility index (Phi) is 15.6. The second kappa shape index (κ2) is 19.8. The number of fused-ring (bicyclic) bond motifs is 4. The predicted octanol–water partition coefficient (Wildman–Crippen LogP) is 8.87. The number of ketones is 2. The van der Waals surface area contributed by atoms with E-state index < -0.39 is 31.2 Å². The van der Waals surface area contributed by atoms with Gasteiger partial charge in [0.25, 0.3) is 0 Å². The number of carbonyl (C=O) groups is 3. The van der Waals surface area contributed by atoms with Crippen LogP contribution in [0.5, 0.6) is 0 Å². The summed E-state index contributed by atoms with van der Waals surface area (Å²) >= 11 is 0. The molecule has 2 atom stereocenters. The predicted molar refractivity (Wildman–Crippen MR) is 232 cm³/mol. The highest BCUT2D eigenvalue weighted by atomic mass is 32.2. The SMILES string of the molecule is CCCCCCS(=N)(=O)CC(=O)Cc1c2c(cc3c1CCC3)CCC2.CCN(CCCS(=N)(=O)CC(=O)Cc1c2c(cc3c1CCC3)CCC2)C(=O)OC(C)(C)C. The van der Waals surface area contributed by atoms with Crippen molar-refractivity contribution in [1.29, 1.82) is 9.56 Å². The molecule has 57 heavy (non-hydrogen) atoms. The number of Topliss-reactive ketones (excluding diaryl/α,β-unsaturated/α-hetero) is 2. The first-order valence-corrected chi connectivity index (χ1v) is 25.6. The average molecular weight is 824 g/mol. The number of rotatable bonds is 18. The molecule has 0 spiro atoms. The molecule has 0 saturated heterocycles. The first-order valence-electron chi connectivity index (χ1n) is 21.8. The van der Waals surface area contributed by atoms with E-state index in [1.807, 2.05) is 27.7 Å². The lowest BCUT2D eigenvalue weighted by Crippen LogP contribution is -2.37. The smallest absolute Gasteiger partial charge is 0.410 e. The second-order valence-corrected chi connectivity index (χ2v) is 22.5. The highest BCUT2D eigenvalue weighted by Crippen LogP contribution is 2.37. The van der Waals surface area contributed by atoms with Gasteiger partial charge in [-0.25, -0.2) is 13.2 Å². The number of benzene rings is 2. The molecule has 0 aromatic heterocycles. The summed E-state index contributed by atoms with van der Waals surface area (Å²) in [6, 6.07) is 4.72. The molecule has 0 radical (unpaired) electrons. The van der Waals surface area contributed by atoms with E-state index in [9.17, 15) is 22.8 Å². The van der Waals surface area contributed by atoms with Crippen LogP contribution in [0.15, 0.2) is 12.1 Å². The molecule has 316 valence electrons. The Hall–Kier alpha value is -3.05. The molecule has 1 amide bonds. The van der Waals surface area contributed by atoms with Gasteiger partial charge >= 0.3 is 6.09 Å². The average Bonchev–Trinajstić information content (AvgIpc) is 3.95. The lowest BCUT2D eigenvalue weighted by Gasteiger charge is -2.26. The van der Waals surface area contributed by atoms with Crippen LogP contribution in [0.4, 0.5) is 4.79 Å². The number of nitrogens with zero attached hydrogens (tertiary/aromatic N) is 1. The van der Waals surface area contributed by atoms with Crippen LogP contribution < -0.4 is 0 Å². The number of amides is 1. The van der Waals surface area contributed by atoms with Crippen LogP contribution in [0.1, 0.15) is 148 Å². The van der Waals surface area contributed by atoms with Crippen molar-refractivity contribution >= 4 is 37.1 Å². The zero-order valence-electron chi connectivity index (χ0n) is 35.5. The Morgan fingerprint density at radius 3 is 1.40 bits per heavy atom. The van der Waals surface area contributed by atoms with Gasteiger partial charge in [0.15, 0.2) is 11.6 Å². The van der Waals surface area contributed by atoms with Gasteiger partial charge in [-0.15, -0.1) is 0 Å². The van der Waals surface area contributed by atoms with Crippen molar-refractivity contribution in [2.24, 2.45) is 0 Å². The molecular formula is C46H69N3O6S2. The second-order valence-electron chi connectivity index (χ2n) is 17.9. The molecule has 11 heteroatoms. The van der Waals surface area contributed by atoms with Crippen LogP contribution in [-0.4, -0.2) is 72.7 Å². The fraction of sp³-hybridized carbons (Fsp3) is 0.674. The van der Waals surface area contributed by atoms with Crippen LogP contribution in [0.25, 0.3) is 0 Å². The molecule has 6 rings (SSSR count). The van der Waals surface area contributed by atoms with E-state index in [4.69, 9.17) is 14.3 Å². The highest BCUT2D eigenvalue weighted by molar-refractivity contribution is 7.93. The van der Waals surface area contributed by atoms with Gasteiger partial charge in [-0.2, -0.15) is 0 Å². The monoisotopic (exact) mass is 823 g/mol. The largest absolute Gasteiger partial charge is 0.444 e. The van der Waals surface area contributed by atoms with Crippen molar-refractivity contribution in [2.45, 2.75) is 162 Å². The maximum absolute atomic E-state index is 12.9. The Morgan fingerprint density at radius 1 is 0.632 bits per heavy atom. The molecule has 4 aliphatic rings. The van der Waals surface area contributed by atoms with Crippen molar-refractivity contribution in [2.75, 3.05) is 36.1 Å². The van der Waals surface area contributed by atoms with Crippen LogP contribution in [-0.2, 0) is 98.0 Å². The van der Waals surface area contributed by atoms with Crippen molar-refractivity contribution in [3.8, 4) is 0 Å². The Labute approximate surface area is 343 Å². The summed E-state index contributed by atoms with van der Waals surface area (Å²) in [5, 5.41) is 0. The van der Waals surface area contributed by atoms with Crippen LogP contribution in [0.2, 0.25) is 0 Å². The van der Waals surface area contributed by atoms with Gasteiger partial charge in [0.05, 0.1) is 31.0 Å². The molecule has 2 unspecified atom stereocenters. The first-order chi connectivity index (χ1) is 27.0. The van der Waals surface area contributed by atoms with Crippen LogP contribution in [0, 0.1) is 9.56 Å². The molecule has 9 nitrogen and oxygen atoms in total. The molecule has 0 saturated carbocycles. The van der Waals surface area contributed by atoms with Crippen LogP contribution >= 0.6 is 0 Å². The summed E-state index contributed by atoms with van der Waals surface area (Å²) in [5.74, 6) is 0.137. The number of aryl methyl sites for hydroxylation is 4. The lowest BCUT2D eigenvalue weighted by molar-refractivity contribution is -0.116. The van der Waals surface area contributed by atoms with Crippen molar-refractivity contribution in [1.82, 2.24) is 4.90 Å². The number of hydrogen-bond donors (Lipinski definition) is 2. The van der Waals surface area contributed by atoms with E-state index in [1.165, 1.54) is 68.5 Å². The number of ether oxygens (including phenoxy) is 1. The quantitative estimate of drug-likeness (QED) is 0.144. The van der Waals surface area contributed by atoms with E-state index in [1.54, 1.807) is 4.90 Å². The van der Waals surface area contributed by atoms with Crippen molar-refractivity contribution < 1.29 is 27.5 Å². The Morgan fingerprint density at radius 2 is 1.04 bits per heavy atom. The van der Waals surface area contributed by atoms with E-state index in [0.29, 0.717) is 38.1 Å². The Bertz CT molecular complexity index is 1950. The number of carbonyl (C=O) groups excluding carboxylic acids is 3. The third kappa shape index (κ3) is 12.7. The summed E-state index contributed by atoms with van der Waals surface area (Å²) in [4.78, 5) is 39.3. The summed E-state index contributed by atoms with van der Waals surface area (Å²) in [7, 11) is -5.78. The summed E-state index contributed by atoms with van der Waals surface area (Å²) in [6.45, 7) is 10.3. The molecule has 0 fully saturated rings. The first kappa shape index (κ1) is 45.0. The third-order valence-corrected chi connectivity index (χ3v) is 15.5. The molecular weight excluding hydrogens is 755 g/mol. The van der Waals surface area contributed by atoms with Gasteiger partial charge in [-0.1, -0.05) is 38.3 Å². The van der Waals surface area contributed by atoms with Crippen LogP contribution in [0.3, 0.4) is 0 Å². The minimum Gasteiger partial charge on any atom is -0.444 e. The normalized spacial score (nSPS) is 17.4.